The molecule has 27 heavy (non-hydrogen) atoms. The zero-order chi connectivity index (χ0) is 19.6. The van der Waals surface area contributed by atoms with Crippen molar-refractivity contribution in [1.29, 1.82) is 0 Å². The van der Waals surface area contributed by atoms with Crippen molar-refractivity contribution in [2.24, 2.45) is 4.99 Å². The Hall–Kier alpha value is -2.06. The lowest BCUT2D eigenvalue weighted by Crippen LogP contribution is -2.08. The Morgan fingerprint density at radius 3 is 2.56 bits per heavy atom. The molecule has 1 heterocycles. The van der Waals surface area contributed by atoms with Gasteiger partial charge in [-0.25, -0.2) is 9.79 Å². The van der Waals surface area contributed by atoms with Gasteiger partial charge in [0.05, 0.1) is 16.8 Å². The van der Waals surface area contributed by atoms with Gasteiger partial charge in [-0.1, -0.05) is 11.6 Å². The number of rotatable bonds is 5. The molecule has 0 saturated heterocycles. The van der Waals surface area contributed by atoms with Crippen molar-refractivity contribution in [3.63, 3.8) is 0 Å². The fourth-order valence-electron chi connectivity index (χ4n) is 2.46. The van der Waals surface area contributed by atoms with E-state index in [1.54, 1.807) is 43.5 Å². The molecule has 0 fully saturated rings. The van der Waals surface area contributed by atoms with Crippen molar-refractivity contribution in [2.45, 2.75) is 20.0 Å². The average molecular weight is 498 g/mol. The monoisotopic (exact) mass is 497 g/mol. The number of nitrogens with zero attached hydrogens (tertiary/aromatic N) is 1. The van der Waals surface area contributed by atoms with Gasteiger partial charge in [-0.2, -0.15) is 0 Å². The minimum absolute atomic E-state index is 0.0213. The van der Waals surface area contributed by atoms with E-state index in [9.17, 15) is 4.79 Å². The highest BCUT2D eigenvalue weighted by Gasteiger charge is 2.24. The predicted molar refractivity (Wildman–Crippen MR) is 114 cm³/mol. The summed E-state index contributed by atoms with van der Waals surface area (Å²) in [5.74, 6) is 1.02. The van der Waals surface area contributed by atoms with E-state index in [1.807, 2.05) is 19.9 Å². The molecule has 0 aliphatic carbocycles. The number of benzene rings is 2. The number of carbonyl (C=O) groups is 1. The third-order valence-corrected chi connectivity index (χ3v) is 4.67. The van der Waals surface area contributed by atoms with Crippen LogP contribution >= 0.6 is 34.2 Å². The Kier molecular flexibility index (Phi) is 6.06. The molecule has 140 valence electrons. The molecule has 0 atom stereocenters. The van der Waals surface area contributed by atoms with Crippen LogP contribution < -0.4 is 9.47 Å². The lowest BCUT2D eigenvalue weighted by Gasteiger charge is -2.15. The predicted octanol–water partition coefficient (Wildman–Crippen LogP) is 5.08. The standard InChI is InChI=1S/C20H17ClINO4/c1-11(2)26-18-15(22)8-12(10-17(18)25-3)9-16-20(24)27-19(23-16)13-4-6-14(21)7-5-13/h4-11H,1-3H3/b16-9+. The zero-order valence-corrected chi connectivity index (χ0v) is 17.9. The van der Waals surface area contributed by atoms with Gasteiger partial charge in [0.25, 0.3) is 0 Å². The topological polar surface area (TPSA) is 57.1 Å². The smallest absolute Gasteiger partial charge is 0.363 e. The average Bonchev–Trinajstić information content (AvgIpc) is 2.98. The van der Waals surface area contributed by atoms with Gasteiger partial charge in [0.1, 0.15) is 0 Å². The molecular formula is C20H17ClINO4. The molecule has 3 rings (SSSR count). The third kappa shape index (κ3) is 4.62. The number of ether oxygens (including phenoxy) is 3. The molecule has 0 spiro atoms. The Balaban J connectivity index is 1.95. The highest BCUT2D eigenvalue weighted by molar-refractivity contribution is 14.1. The minimum Gasteiger partial charge on any atom is -0.493 e. The maximum absolute atomic E-state index is 12.2. The van der Waals surface area contributed by atoms with Crippen LogP contribution in [0.3, 0.4) is 0 Å². The van der Waals surface area contributed by atoms with Crippen molar-refractivity contribution < 1.29 is 19.0 Å². The Morgan fingerprint density at radius 2 is 1.93 bits per heavy atom. The minimum atomic E-state index is -0.503. The van der Waals surface area contributed by atoms with Crippen molar-refractivity contribution in [2.75, 3.05) is 7.11 Å². The first-order valence-corrected chi connectivity index (χ1v) is 9.65. The molecule has 2 aromatic rings. The lowest BCUT2D eigenvalue weighted by atomic mass is 10.1. The molecule has 1 aliphatic rings. The number of methoxy groups -OCH3 is 1. The van der Waals surface area contributed by atoms with Crippen LogP contribution in [0.5, 0.6) is 11.5 Å². The molecule has 5 nitrogen and oxygen atoms in total. The SMILES string of the molecule is COc1cc(/C=C2/N=C(c3ccc(Cl)cc3)OC2=O)cc(I)c1OC(C)C. The van der Waals surface area contributed by atoms with Gasteiger partial charge in [-0.3, -0.25) is 0 Å². The Labute approximate surface area is 176 Å². The normalized spacial score (nSPS) is 15.1. The largest absolute Gasteiger partial charge is 0.493 e. The maximum atomic E-state index is 12.2. The zero-order valence-electron chi connectivity index (χ0n) is 15.0. The fourth-order valence-corrected chi connectivity index (χ4v) is 3.33. The van der Waals surface area contributed by atoms with Crippen LogP contribution in [0, 0.1) is 3.57 Å². The molecule has 0 amide bonds. The van der Waals surface area contributed by atoms with Gasteiger partial charge in [0, 0.05) is 10.6 Å². The second kappa shape index (κ2) is 8.31. The molecular weight excluding hydrogens is 481 g/mol. The van der Waals surface area contributed by atoms with Gasteiger partial charge in [0.2, 0.25) is 5.90 Å². The summed E-state index contributed by atoms with van der Waals surface area (Å²) in [5.41, 5.74) is 1.67. The van der Waals surface area contributed by atoms with E-state index in [0.29, 0.717) is 22.1 Å². The van der Waals surface area contributed by atoms with Crippen molar-refractivity contribution in [1.82, 2.24) is 0 Å². The quantitative estimate of drug-likeness (QED) is 0.328. The summed E-state index contributed by atoms with van der Waals surface area (Å²) in [7, 11) is 1.58. The molecule has 1 aliphatic heterocycles. The maximum Gasteiger partial charge on any atom is 0.363 e. The number of halogens is 2. The summed E-state index contributed by atoms with van der Waals surface area (Å²) in [5, 5.41) is 0.602. The van der Waals surface area contributed by atoms with Gasteiger partial charge >= 0.3 is 5.97 Å². The number of hydrogen-bond acceptors (Lipinski definition) is 5. The Morgan fingerprint density at radius 1 is 1.22 bits per heavy atom. The van der Waals surface area contributed by atoms with Gasteiger partial charge in [-0.05, 0) is 84.5 Å². The van der Waals surface area contributed by atoms with Crippen molar-refractivity contribution in [3.05, 3.63) is 61.8 Å². The summed E-state index contributed by atoms with van der Waals surface area (Å²) in [4.78, 5) is 16.5. The van der Waals surface area contributed by atoms with Crippen LogP contribution in [-0.4, -0.2) is 25.1 Å². The van der Waals surface area contributed by atoms with Crippen molar-refractivity contribution >= 4 is 52.1 Å². The molecule has 7 heteroatoms. The van der Waals surface area contributed by atoms with E-state index in [2.05, 4.69) is 27.6 Å². The number of cyclic esters (lactones) is 1. The number of hydrogen-bond donors (Lipinski definition) is 0. The molecule has 0 N–H and O–H groups in total. The summed E-state index contributed by atoms with van der Waals surface area (Å²) >= 11 is 8.07. The number of aliphatic imine (C=N–C) groups is 1. The molecule has 0 bridgehead atoms. The second-order valence-electron chi connectivity index (χ2n) is 6.04. The van der Waals surface area contributed by atoms with Crippen molar-refractivity contribution in [3.8, 4) is 11.5 Å². The number of carbonyl (C=O) groups excluding carboxylic acids is 1. The van der Waals surface area contributed by atoms with Crippen LogP contribution in [0.1, 0.15) is 25.0 Å². The van der Waals surface area contributed by atoms with E-state index in [0.717, 1.165) is 9.13 Å². The van der Waals surface area contributed by atoms with Crippen LogP contribution in [0.25, 0.3) is 6.08 Å². The second-order valence-corrected chi connectivity index (χ2v) is 7.64. The Bertz CT molecular complexity index is 936. The van der Waals surface area contributed by atoms with Gasteiger partial charge in [-0.15, -0.1) is 0 Å². The van der Waals surface area contributed by atoms with E-state index < -0.39 is 5.97 Å². The van der Waals surface area contributed by atoms with Gasteiger partial charge in [0.15, 0.2) is 17.2 Å². The molecule has 0 unspecified atom stereocenters. The molecule has 2 aromatic carbocycles. The first-order valence-electron chi connectivity index (χ1n) is 8.20. The first kappa shape index (κ1) is 19.7. The molecule has 0 saturated carbocycles. The third-order valence-electron chi connectivity index (χ3n) is 3.62. The summed E-state index contributed by atoms with van der Waals surface area (Å²) in [6.07, 6.45) is 1.68. The van der Waals surface area contributed by atoms with Crippen LogP contribution in [0.2, 0.25) is 5.02 Å². The summed E-state index contributed by atoms with van der Waals surface area (Å²) in [6, 6.07) is 10.6. The highest BCUT2D eigenvalue weighted by Crippen LogP contribution is 2.35. The first-order chi connectivity index (χ1) is 12.9. The van der Waals surface area contributed by atoms with Gasteiger partial charge < -0.3 is 14.2 Å². The van der Waals surface area contributed by atoms with Crippen LogP contribution in [0.15, 0.2) is 47.1 Å². The van der Waals surface area contributed by atoms with Crippen LogP contribution in [0.4, 0.5) is 0 Å². The van der Waals surface area contributed by atoms with Crippen LogP contribution in [-0.2, 0) is 9.53 Å². The van der Waals surface area contributed by atoms with E-state index >= 15 is 0 Å². The van der Waals surface area contributed by atoms with E-state index in [4.69, 9.17) is 25.8 Å². The highest BCUT2D eigenvalue weighted by atomic mass is 127. The lowest BCUT2D eigenvalue weighted by molar-refractivity contribution is -0.129. The fraction of sp³-hybridized carbons (Fsp3) is 0.200. The summed E-state index contributed by atoms with van der Waals surface area (Å²) in [6.45, 7) is 3.90. The van der Waals surface area contributed by atoms with E-state index in [-0.39, 0.29) is 17.7 Å². The van der Waals surface area contributed by atoms with E-state index in [1.165, 1.54) is 0 Å². The number of esters is 1. The molecule has 0 aromatic heterocycles. The molecule has 0 radical (unpaired) electrons. The summed E-state index contributed by atoms with van der Waals surface area (Å²) < 4.78 is 17.4.